The first-order valence-corrected chi connectivity index (χ1v) is 13.4. The maximum atomic E-state index is 14.3. The van der Waals surface area contributed by atoms with Gasteiger partial charge in [-0.1, -0.05) is 36.4 Å². The number of amides is 1. The SMILES string of the molecule is O=C1c2ccccc2[C@@H](c2c(-c3ccc(F)cc3)[nH]c3ccccc23)N1C12CC3CC(CC(C3)C1)C2. The van der Waals surface area contributed by atoms with E-state index in [0.29, 0.717) is 0 Å². The van der Waals surface area contributed by atoms with E-state index in [1.807, 2.05) is 30.3 Å². The summed E-state index contributed by atoms with van der Waals surface area (Å²) in [5, 5.41) is 1.14. The van der Waals surface area contributed by atoms with Gasteiger partial charge in [-0.3, -0.25) is 4.79 Å². The number of halogens is 1. The minimum Gasteiger partial charge on any atom is -0.354 e. The van der Waals surface area contributed by atoms with Crippen molar-refractivity contribution in [3.8, 4) is 11.3 Å². The summed E-state index contributed by atoms with van der Waals surface area (Å²) >= 11 is 0. The van der Waals surface area contributed by atoms with Crippen molar-refractivity contribution in [1.82, 2.24) is 9.88 Å². The first-order valence-electron chi connectivity index (χ1n) is 13.4. The van der Waals surface area contributed by atoms with Gasteiger partial charge in [0.15, 0.2) is 0 Å². The fraction of sp³-hybridized carbons (Fsp3) is 0.344. The van der Waals surface area contributed by atoms with Gasteiger partial charge in [0.25, 0.3) is 5.91 Å². The first kappa shape index (κ1) is 20.8. The molecule has 0 unspecified atom stereocenters. The van der Waals surface area contributed by atoms with Gasteiger partial charge in [0, 0.05) is 27.6 Å². The van der Waals surface area contributed by atoms with Gasteiger partial charge in [0.2, 0.25) is 0 Å². The van der Waals surface area contributed by atoms with E-state index < -0.39 is 0 Å². The van der Waals surface area contributed by atoms with Crippen LogP contribution in [-0.2, 0) is 0 Å². The van der Waals surface area contributed by atoms with Crippen molar-refractivity contribution in [2.75, 3.05) is 0 Å². The summed E-state index contributed by atoms with van der Waals surface area (Å²) in [5.74, 6) is 2.18. The Balaban J connectivity index is 1.39. The van der Waals surface area contributed by atoms with E-state index in [4.69, 9.17) is 0 Å². The molecule has 2 heterocycles. The highest BCUT2D eigenvalue weighted by Gasteiger charge is 2.58. The van der Waals surface area contributed by atoms with Crippen LogP contribution in [0.15, 0.2) is 72.8 Å². The van der Waals surface area contributed by atoms with Crippen LogP contribution in [0.5, 0.6) is 0 Å². The highest BCUT2D eigenvalue weighted by molar-refractivity contribution is 6.02. The number of nitrogens with one attached hydrogen (secondary N) is 1. The Bertz CT molecular complexity index is 1480. The number of carbonyl (C=O) groups excluding carboxylic acids is 1. The van der Waals surface area contributed by atoms with Gasteiger partial charge in [0.05, 0.1) is 11.7 Å². The number of rotatable bonds is 3. The fourth-order valence-corrected chi connectivity index (χ4v) is 8.74. The van der Waals surface area contributed by atoms with Gasteiger partial charge in [-0.2, -0.15) is 0 Å². The number of aromatic nitrogens is 1. The molecule has 4 fully saturated rings. The summed E-state index contributed by atoms with van der Waals surface area (Å²) < 4.78 is 13.9. The molecule has 5 aliphatic rings. The van der Waals surface area contributed by atoms with Gasteiger partial charge < -0.3 is 9.88 Å². The number of benzene rings is 3. The molecule has 36 heavy (non-hydrogen) atoms. The second-order valence-electron chi connectivity index (χ2n) is 11.8. The van der Waals surface area contributed by atoms with E-state index in [2.05, 4.69) is 40.2 Å². The van der Waals surface area contributed by atoms with Gasteiger partial charge in [-0.05, 0) is 104 Å². The average molecular weight is 477 g/mol. The predicted molar refractivity (Wildman–Crippen MR) is 139 cm³/mol. The van der Waals surface area contributed by atoms with Crippen molar-refractivity contribution in [2.24, 2.45) is 17.8 Å². The highest BCUT2D eigenvalue weighted by Crippen LogP contribution is 2.61. The maximum Gasteiger partial charge on any atom is 0.255 e. The molecule has 4 saturated carbocycles. The van der Waals surface area contributed by atoms with E-state index in [-0.39, 0.29) is 23.3 Å². The lowest BCUT2D eigenvalue weighted by molar-refractivity contribution is -0.0805. The lowest BCUT2D eigenvalue weighted by Crippen LogP contribution is -2.61. The normalized spacial score (nSPS) is 30.4. The Morgan fingerprint density at radius 3 is 2.17 bits per heavy atom. The quantitative estimate of drug-likeness (QED) is 0.327. The van der Waals surface area contributed by atoms with E-state index in [9.17, 15) is 9.18 Å². The predicted octanol–water partition coefficient (Wildman–Crippen LogP) is 7.49. The van der Waals surface area contributed by atoms with Crippen LogP contribution in [0, 0.1) is 23.6 Å². The molecule has 4 heteroatoms. The Morgan fingerprint density at radius 1 is 0.806 bits per heavy atom. The molecule has 1 aliphatic heterocycles. The molecule has 0 radical (unpaired) electrons. The third kappa shape index (κ3) is 2.81. The second kappa shape index (κ2) is 7.32. The van der Waals surface area contributed by atoms with Crippen molar-refractivity contribution in [3.63, 3.8) is 0 Å². The van der Waals surface area contributed by atoms with E-state index >= 15 is 0 Å². The molecule has 9 rings (SSSR count). The zero-order valence-corrected chi connectivity index (χ0v) is 20.2. The van der Waals surface area contributed by atoms with Crippen LogP contribution in [0.2, 0.25) is 0 Å². The number of aromatic amines is 1. The van der Waals surface area contributed by atoms with Gasteiger partial charge >= 0.3 is 0 Å². The summed E-state index contributed by atoms with van der Waals surface area (Å²) in [6.45, 7) is 0. The first-order chi connectivity index (χ1) is 17.6. The largest absolute Gasteiger partial charge is 0.354 e. The summed E-state index contributed by atoms with van der Waals surface area (Å²) in [5.41, 5.74) is 6.00. The molecule has 4 aromatic rings. The lowest BCUT2D eigenvalue weighted by atomic mass is 9.52. The number of hydrogen-bond acceptors (Lipinski definition) is 1. The average Bonchev–Trinajstić information content (AvgIpc) is 3.39. The van der Waals surface area contributed by atoms with Gasteiger partial charge in [-0.25, -0.2) is 4.39 Å². The van der Waals surface area contributed by atoms with Gasteiger partial charge in [-0.15, -0.1) is 0 Å². The summed E-state index contributed by atoms with van der Waals surface area (Å²) in [6.07, 6.45) is 7.41. The van der Waals surface area contributed by atoms with Crippen LogP contribution in [0.4, 0.5) is 4.39 Å². The standard InChI is InChI=1S/C32H29FN2O/c33-23-11-9-22(10-12-23)29-28(26-7-3-4-8-27(26)34-29)30-24-5-1-2-6-25(24)31(36)35(30)32-16-19-13-20(17-32)15-21(14-19)18-32/h1-12,19-21,30,34H,13-18H2/t19?,20?,21?,30-,32?/m0/s1. The van der Waals surface area contributed by atoms with E-state index in [0.717, 1.165) is 75.9 Å². The zero-order valence-electron chi connectivity index (χ0n) is 20.2. The molecular formula is C32H29FN2O. The molecule has 1 atom stereocenters. The molecule has 3 aromatic carbocycles. The minimum atomic E-state index is -0.243. The Labute approximate surface area is 210 Å². The molecule has 180 valence electrons. The van der Waals surface area contributed by atoms with Crippen LogP contribution >= 0.6 is 0 Å². The zero-order chi connectivity index (χ0) is 24.0. The van der Waals surface area contributed by atoms with Crippen LogP contribution in [0.25, 0.3) is 22.2 Å². The van der Waals surface area contributed by atoms with Crippen molar-refractivity contribution in [3.05, 3.63) is 95.3 Å². The molecule has 3 nitrogen and oxygen atoms in total. The molecule has 4 aliphatic carbocycles. The Kier molecular flexibility index (Phi) is 4.22. The van der Waals surface area contributed by atoms with Gasteiger partial charge in [0.1, 0.15) is 5.82 Å². The van der Waals surface area contributed by atoms with Crippen LogP contribution in [0.3, 0.4) is 0 Å². The smallest absolute Gasteiger partial charge is 0.255 e. The van der Waals surface area contributed by atoms with Crippen LogP contribution < -0.4 is 0 Å². The molecule has 1 N–H and O–H groups in total. The molecule has 1 aromatic heterocycles. The molecule has 4 bridgehead atoms. The van der Waals surface area contributed by atoms with Crippen molar-refractivity contribution in [2.45, 2.75) is 50.1 Å². The summed E-state index contributed by atoms with van der Waals surface area (Å²) in [7, 11) is 0. The summed E-state index contributed by atoms with van der Waals surface area (Å²) in [6, 6.07) is 23.2. The number of H-pyrrole nitrogens is 1. The van der Waals surface area contributed by atoms with Crippen molar-refractivity contribution < 1.29 is 9.18 Å². The monoisotopic (exact) mass is 476 g/mol. The maximum absolute atomic E-state index is 14.3. The van der Waals surface area contributed by atoms with Crippen LogP contribution in [-0.4, -0.2) is 21.3 Å². The highest BCUT2D eigenvalue weighted by atomic mass is 19.1. The van der Waals surface area contributed by atoms with E-state index in [1.54, 1.807) is 0 Å². The number of para-hydroxylation sites is 1. The molecule has 0 saturated heterocycles. The molecule has 0 spiro atoms. The van der Waals surface area contributed by atoms with Crippen LogP contribution in [0.1, 0.15) is 66.1 Å². The number of hydrogen-bond donors (Lipinski definition) is 1. The minimum absolute atomic E-state index is 0.0754. The summed E-state index contributed by atoms with van der Waals surface area (Å²) in [4.78, 5) is 20.3. The molecule has 1 amide bonds. The molecular weight excluding hydrogens is 447 g/mol. The van der Waals surface area contributed by atoms with Crippen molar-refractivity contribution >= 4 is 16.8 Å². The Hall–Kier alpha value is -3.40. The Morgan fingerprint density at radius 2 is 1.44 bits per heavy atom. The number of nitrogens with zero attached hydrogens (tertiary/aromatic N) is 1. The second-order valence-corrected chi connectivity index (χ2v) is 11.8. The third-order valence-corrected chi connectivity index (χ3v) is 9.63. The third-order valence-electron chi connectivity index (χ3n) is 9.63. The van der Waals surface area contributed by atoms with E-state index in [1.165, 1.54) is 31.4 Å². The van der Waals surface area contributed by atoms with Crippen molar-refractivity contribution in [1.29, 1.82) is 0 Å². The number of fused-ring (bicyclic) bond motifs is 2. The number of carbonyl (C=O) groups is 1. The lowest BCUT2D eigenvalue weighted by Gasteiger charge is -2.61. The fourth-order valence-electron chi connectivity index (χ4n) is 8.74. The topological polar surface area (TPSA) is 36.1 Å².